The summed E-state index contributed by atoms with van der Waals surface area (Å²) in [7, 11) is 1.93. The normalized spacial score (nSPS) is 15.1. The molecule has 4 rings (SSSR count). The molecular weight excluding hydrogens is 411 g/mol. The minimum atomic E-state index is -0.0500. The first kappa shape index (κ1) is 19.9. The summed E-state index contributed by atoms with van der Waals surface area (Å²) in [4.78, 5) is 17.1. The average Bonchev–Trinajstić information content (AvgIpc) is 3.28. The van der Waals surface area contributed by atoms with E-state index in [9.17, 15) is 4.79 Å². The molecule has 0 unspecified atom stereocenters. The smallest absolute Gasteiger partial charge is 0.271 e. The summed E-state index contributed by atoms with van der Waals surface area (Å²) < 4.78 is 1.84. The second kappa shape index (κ2) is 8.18. The van der Waals surface area contributed by atoms with Crippen LogP contribution in [0.3, 0.4) is 0 Å². The minimum absolute atomic E-state index is 0.0500. The maximum Gasteiger partial charge on any atom is 0.271 e. The largest absolute Gasteiger partial charge is 0.335 e. The van der Waals surface area contributed by atoms with Crippen LogP contribution in [0.2, 0.25) is 10.0 Å². The highest BCUT2D eigenvalue weighted by Gasteiger charge is 2.24. The summed E-state index contributed by atoms with van der Waals surface area (Å²) in [6.45, 7) is 5.87. The standard InChI is InChI=1S/C20H22Cl2N6O/c1-13-14(11-26(2)25-13)12-27-5-7-28(8-6-27)20(29)19-10-18(23-24-19)16-4-3-15(21)9-17(16)22/h3-4,9-11H,5-8,12H2,1-2H3,(H,23,24). The second-order valence-electron chi connectivity index (χ2n) is 7.27. The van der Waals surface area contributed by atoms with Crippen molar-refractivity contribution in [3.63, 3.8) is 0 Å². The Labute approximate surface area is 179 Å². The van der Waals surface area contributed by atoms with Crippen LogP contribution in [0.1, 0.15) is 21.7 Å². The predicted molar refractivity (Wildman–Crippen MR) is 113 cm³/mol. The van der Waals surface area contributed by atoms with Gasteiger partial charge in [0.25, 0.3) is 5.91 Å². The molecule has 152 valence electrons. The Hall–Kier alpha value is -2.35. The van der Waals surface area contributed by atoms with Crippen LogP contribution in [-0.4, -0.2) is 61.9 Å². The van der Waals surface area contributed by atoms with E-state index in [1.165, 1.54) is 5.56 Å². The van der Waals surface area contributed by atoms with Crippen molar-refractivity contribution in [1.29, 1.82) is 0 Å². The fourth-order valence-corrected chi connectivity index (χ4v) is 4.10. The number of rotatable bonds is 4. The van der Waals surface area contributed by atoms with Crippen molar-refractivity contribution in [3.05, 3.63) is 57.5 Å². The van der Waals surface area contributed by atoms with Crippen molar-refractivity contribution >= 4 is 29.1 Å². The summed E-state index contributed by atoms with van der Waals surface area (Å²) in [5.74, 6) is -0.0500. The van der Waals surface area contributed by atoms with Crippen LogP contribution in [0.5, 0.6) is 0 Å². The Bertz CT molecular complexity index is 1040. The monoisotopic (exact) mass is 432 g/mol. The van der Waals surface area contributed by atoms with E-state index >= 15 is 0 Å². The summed E-state index contributed by atoms with van der Waals surface area (Å²) in [6, 6.07) is 6.96. The van der Waals surface area contributed by atoms with Crippen LogP contribution in [-0.2, 0) is 13.6 Å². The highest BCUT2D eigenvalue weighted by molar-refractivity contribution is 6.36. The van der Waals surface area contributed by atoms with Crippen molar-refractivity contribution in [2.45, 2.75) is 13.5 Å². The molecular formula is C20H22Cl2N6O. The molecule has 7 nitrogen and oxygen atoms in total. The second-order valence-corrected chi connectivity index (χ2v) is 8.12. The highest BCUT2D eigenvalue weighted by Crippen LogP contribution is 2.29. The average molecular weight is 433 g/mol. The number of aromatic nitrogens is 4. The summed E-state index contributed by atoms with van der Waals surface area (Å²) in [6.07, 6.45) is 2.06. The van der Waals surface area contributed by atoms with Gasteiger partial charge in [0.2, 0.25) is 0 Å². The molecule has 1 N–H and O–H groups in total. The molecule has 0 radical (unpaired) electrons. The lowest BCUT2D eigenvalue weighted by Crippen LogP contribution is -2.48. The summed E-state index contributed by atoms with van der Waals surface area (Å²) in [5, 5.41) is 12.6. The van der Waals surface area contributed by atoms with E-state index < -0.39 is 0 Å². The third kappa shape index (κ3) is 4.32. The van der Waals surface area contributed by atoms with Gasteiger partial charge in [-0.25, -0.2) is 0 Å². The number of carbonyl (C=O) groups excluding carboxylic acids is 1. The van der Waals surface area contributed by atoms with E-state index in [1.807, 2.05) is 23.6 Å². The third-order valence-corrected chi connectivity index (χ3v) is 5.73. The lowest BCUT2D eigenvalue weighted by atomic mass is 10.1. The summed E-state index contributed by atoms with van der Waals surface area (Å²) >= 11 is 12.2. The Morgan fingerprint density at radius 3 is 2.59 bits per heavy atom. The molecule has 1 aliphatic heterocycles. The third-order valence-electron chi connectivity index (χ3n) is 5.18. The molecule has 9 heteroatoms. The minimum Gasteiger partial charge on any atom is -0.335 e. The first-order chi connectivity index (χ1) is 13.9. The van der Waals surface area contributed by atoms with Gasteiger partial charge in [0, 0.05) is 62.1 Å². The number of nitrogens with one attached hydrogen (secondary N) is 1. The number of nitrogens with zero attached hydrogens (tertiary/aromatic N) is 5. The zero-order chi connectivity index (χ0) is 20.5. The van der Waals surface area contributed by atoms with E-state index in [2.05, 4.69) is 26.4 Å². The SMILES string of the molecule is Cc1nn(C)cc1CN1CCN(C(=O)c2cc(-c3ccc(Cl)cc3Cl)n[nH]2)CC1. The van der Waals surface area contributed by atoms with Gasteiger partial charge in [-0.15, -0.1) is 0 Å². The molecule has 1 aliphatic rings. The van der Waals surface area contributed by atoms with Crippen LogP contribution in [0.4, 0.5) is 0 Å². The number of benzene rings is 1. The molecule has 0 spiro atoms. The number of halogens is 2. The van der Waals surface area contributed by atoms with Gasteiger partial charge in [-0.2, -0.15) is 10.2 Å². The topological polar surface area (TPSA) is 70.1 Å². The van der Waals surface area contributed by atoms with E-state index in [4.69, 9.17) is 23.2 Å². The number of hydrogen-bond acceptors (Lipinski definition) is 4. The quantitative estimate of drug-likeness (QED) is 0.685. The molecule has 0 atom stereocenters. The Morgan fingerprint density at radius 1 is 1.17 bits per heavy atom. The van der Waals surface area contributed by atoms with Gasteiger partial charge in [0.05, 0.1) is 16.4 Å². The molecule has 0 aliphatic carbocycles. The molecule has 1 fully saturated rings. The van der Waals surface area contributed by atoms with Crippen LogP contribution in [0.25, 0.3) is 11.3 Å². The van der Waals surface area contributed by atoms with Crippen molar-refractivity contribution in [2.75, 3.05) is 26.2 Å². The molecule has 0 bridgehead atoms. The van der Waals surface area contributed by atoms with Gasteiger partial charge in [0.15, 0.2) is 0 Å². The number of hydrogen-bond donors (Lipinski definition) is 1. The van der Waals surface area contributed by atoms with Gasteiger partial charge in [-0.05, 0) is 31.2 Å². The number of H-pyrrole nitrogens is 1. The van der Waals surface area contributed by atoms with E-state index in [1.54, 1.807) is 24.3 Å². The number of amides is 1. The zero-order valence-corrected chi connectivity index (χ0v) is 17.8. The van der Waals surface area contributed by atoms with Crippen LogP contribution in [0.15, 0.2) is 30.5 Å². The lowest BCUT2D eigenvalue weighted by Gasteiger charge is -2.34. The van der Waals surface area contributed by atoms with Crippen LogP contribution in [0, 0.1) is 6.92 Å². The van der Waals surface area contributed by atoms with Gasteiger partial charge >= 0.3 is 0 Å². The van der Waals surface area contributed by atoms with Gasteiger partial charge in [-0.1, -0.05) is 23.2 Å². The molecule has 3 aromatic rings. The number of aryl methyl sites for hydroxylation is 2. The van der Waals surface area contributed by atoms with Crippen molar-refractivity contribution in [1.82, 2.24) is 29.8 Å². The van der Waals surface area contributed by atoms with Crippen LogP contribution >= 0.6 is 23.2 Å². The van der Waals surface area contributed by atoms with Crippen LogP contribution < -0.4 is 0 Å². The van der Waals surface area contributed by atoms with Gasteiger partial charge in [-0.3, -0.25) is 19.5 Å². The Morgan fingerprint density at radius 2 is 1.93 bits per heavy atom. The Balaban J connectivity index is 1.39. The predicted octanol–water partition coefficient (Wildman–Crippen LogP) is 3.38. The molecule has 3 heterocycles. The van der Waals surface area contributed by atoms with E-state index in [-0.39, 0.29) is 5.91 Å². The molecule has 1 saturated heterocycles. The first-order valence-electron chi connectivity index (χ1n) is 9.42. The molecule has 2 aromatic heterocycles. The van der Waals surface area contributed by atoms with Gasteiger partial charge < -0.3 is 4.90 Å². The molecule has 0 saturated carbocycles. The fraction of sp³-hybridized carbons (Fsp3) is 0.350. The maximum absolute atomic E-state index is 12.9. The fourth-order valence-electron chi connectivity index (χ4n) is 3.59. The molecule has 29 heavy (non-hydrogen) atoms. The lowest BCUT2D eigenvalue weighted by molar-refractivity contribution is 0.0622. The van der Waals surface area contributed by atoms with Crippen molar-refractivity contribution in [2.24, 2.45) is 7.05 Å². The zero-order valence-electron chi connectivity index (χ0n) is 16.3. The Kier molecular flexibility index (Phi) is 5.63. The first-order valence-corrected chi connectivity index (χ1v) is 10.2. The van der Waals surface area contributed by atoms with E-state index in [0.29, 0.717) is 34.5 Å². The number of piperazine rings is 1. The van der Waals surface area contributed by atoms with Gasteiger partial charge in [0.1, 0.15) is 5.69 Å². The number of carbonyl (C=O) groups is 1. The molecule has 1 amide bonds. The number of aromatic amines is 1. The van der Waals surface area contributed by atoms with Crippen molar-refractivity contribution < 1.29 is 4.79 Å². The summed E-state index contributed by atoms with van der Waals surface area (Å²) in [5.41, 5.74) is 4.11. The van der Waals surface area contributed by atoms with E-state index in [0.717, 1.165) is 30.9 Å². The van der Waals surface area contributed by atoms with Crippen molar-refractivity contribution in [3.8, 4) is 11.3 Å². The highest BCUT2D eigenvalue weighted by atomic mass is 35.5. The molecule has 1 aromatic carbocycles. The maximum atomic E-state index is 12.9.